The first kappa shape index (κ1) is 61.8. The number of rotatable bonds is 46. The fourth-order valence-electron chi connectivity index (χ4n) is 6.55. The SMILES string of the molecule is CC/C=C\C/C=C\C/C=C\C/C=C\C/C=C\C/C=C\CCCOCC(COC(=O)CCCCCCC/C=C\C/C=C\C/C=C\CC)OC(=O)CCCCCCC/C=C\C/C=C\C/C=C\CC. The van der Waals surface area contributed by atoms with Crippen LogP contribution in [0.5, 0.6) is 0 Å². The van der Waals surface area contributed by atoms with Crippen molar-refractivity contribution in [3.8, 4) is 0 Å². The molecule has 1 atom stereocenters. The van der Waals surface area contributed by atoms with Crippen LogP contribution in [0.15, 0.2) is 146 Å². The van der Waals surface area contributed by atoms with Crippen molar-refractivity contribution in [1.82, 2.24) is 0 Å². The van der Waals surface area contributed by atoms with Gasteiger partial charge in [0.25, 0.3) is 0 Å². The summed E-state index contributed by atoms with van der Waals surface area (Å²) in [5.41, 5.74) is 0. The summed E-state index contributed by atoms with van der Waals surface area (Å²) in [4.78, 5) is 25.4. The quantitative estimate of drug-likeness (QED) is 0.0346. The lowest BCUT2D eigenvalue weighted by molar-refractivity contribution is -0.163. The molecule has 1 unspecified atom stereocenters. The van der Waals surface area contributed by atoms with E-state index in [1.54, 1.807) is 0 Å². The third kappa shape index (κ3) is 52.4. The molecule has 5 heteroatoms. The third-order valence-electron chi connectivity index (χ3n) is 10.4. The van der Waals surface area contributed by atoms with Crippen LogP contribution in [0.1, 0.15) is 201 Å². The van der Waals surface area contributed by atoms with Crippen LogP contribution in [0, 0.1) is 0 Å². The molecule has 0 aromatic heterocycles. The Morgan fingerprint density at radius 3 is 1.02 bits per heavy atom. The molecule has 0 aromatic carbocycles. The second-order valence-electron chi connectivity index (χ2n) is 16.6. The van der Waals surface area contributed by atoms with E-state index in [2.05, 4.69) is 167 Å². The van der Waals surface area contributed by atoms with Gasteiger partial charge in [0.1, 0.15) is 6.61 Å². The number of carbonyl (C=O) groups is 2. The van der Waals surface area contributed by atoms with Crippen molar-refractivity contribution in [2.24, 2.45) is 0 Å². The maximum atomic E-state index is 12.8. The average Bonchev–Trinajstić information content (AvgIpc) is 3.32. The molecule has 0 radical (unpaired) electrons. The summed E-state index contributed by atoms with van der Waals surface area (Å²) in [7, 11) is 0. The Balaban J connectivity index is 4.47. The van der Waals surface area contributed by atoms with Gasteiger partial charge in [-0.25, -0.2) is 0 Å². The zero-order valence-electron chi connectivity index (χ0n) is 42.4. The first-order valence-electron chi connectivity index (χ1n) is 26.4. The number of hydrogen-bond donors (Lipinski definition) is 0. The molecular weight excluding hydrogens is 813 g/mol. The lowest BCUT2D eigenvalue weighted by atomic mass is 10.1. The van der Waals surface area contributed by atoms with Gasteiger partial charge in [-0.3, -0.25) is 9.59 Å². The molecule has 0 aromatic rings. The van der Waals surface area contributed by atoms with Gasteiger partial charge in [-0.1, -0.05) is 205 Å². The highest BCUT2D eigenvalue weighted by Crippen LogP contribution is 2.12. The summed E-state index contributed by atoms with van der Waals surface area (Å²) in [5, 5.41) is 0. The van der Waals surface area contributed by atoms with Crippen molar-refractivity contribution in [2.45, 2.75) is 207 Å². The van der Waals surface area contributed by atoms with Crippen molar-refractivity contribution in [3.63, 3.8) is 0 Å². The van der Waals surface area contributed by atoms with Gasteiger partial charge >= 0.3 is 11.9 Å². The minimum atomic E-state index is -0.594. The number of esters is 2. The molecule has 0 fully saturated rings. The minimum Gasteiger partial charge on any atom is -0.462 e. The standard InChI is InChI=1S/C61H96O5/c1-4-7-10-13-16-19-22-25-28-29-30-31-32-35-38-41-44-47-50-53-56-64-57-59(66-61(63)55-52-49-46-43-40-37-34-27-24-21-18-15-12-9-6-3)58-65-60(62)54-51-48-45-42-39-36-33-26-23-20-17-14-11-8-5-2/h7-12,16-21,25-28,30-31,33-35,38,44,47,59H,4-6,13-15,22-24,29,32,36-37,39-43,45-46,48-58H2,1-3H3/b10-7-,11-8-,12-9-,19-16-,20-17-,21-18-,28-25-,31-30-,33-26-,34-27-,38-35-,47-44-. The molecule has 0 amide bonds. The van der Waals surface area contributed by atoms with Gasteiger partial charge in [0, 0.05) is 19.4 Å². The summed E-state index contributed by atoms with van der Waals surface area (Å²) < 4.78 is 17.3. The Kier molecular flexibility index (Phi) is 51.6. The zero-order chi connectivity index (χ0) is 47.7. The topological polar surface area (TPSA) is 61.8 Å². The maximum absolute atomic E-state index is 12.8. The van der Waals surface area contributed by atoms with E-state index in [0.717, 1.165) is 148 Å². The number of unbranched alkanes of at least 4 members (excludes halogenated alkanes) is 11. The van der Waals surface area contributed by atoms with E-state index in [0.29, 0.717) is 19.4 Å². The predicted octanol–water partition coefficient (Wildman–Crippen LogP) is 18.1. The second-order valence-corrected chi connectivity index (χ2v) is 16.6. The Labute approximate surface area is 406 Å². The smallest absolute Gasteiger partial charge is 0.306 e. The number of hydrogen-bond acceptors (Lipinski definition) is 5. The summed E-state index contributed by atoms with van der Waals surface area (Å²) in [5.74, 6) is -0.481. The van der Waals surface area contributed by atoms with E-state index < -0.39 is 6.10 Å². The van der Waals surface area contributed by atoms with E-state index in [1.807, 2.05) is 0 Å². The Morgan fingerprint density at radius 2 is 0.636 bits per heavy atom. The molecular formula is C61H96O5. The zero-order valence-corrected chi connectivity index (χ0v) is 42.4. The van der Waals surface area contributed by atoms with Crippen LogP contribution >= 0.6 is 0 Å². The van der Waals surface area contributed by atoms with Gasteiger partial charge in [-0.05, 0) is 128 Å². The molecule has 0 heterocycles. The van der Waals surface area contributed by atoms with Crippen molar-refractivity contribution < 1.29 is 23.8 Å². The van der Waals surface area contributed by atoms with Crippen LogP contribution in [0.25, 0.3) is 0 Å². The Hall–Kier alpha value is -4.22. The van der Waals surface area contributed by atoms with E-state index in [4.69, 9.17) is 14.2 Å². The van der Waals surface area contributed by atoms with Crippen LogP contribution in [0.2, 0.25) is 0 Å². The number of carbonyl (C=O) groups excluding carboxylic acids is 2. The molecule has 0 bridgehead atoms. The molecule has 0 rings (SSSR count). The summed E-state index contributed by atoms with van der Waals surface area (Å²) in [6.07, 6.45) is 80.1. The molecule has 0 aliphatic heterocycles. The lowest BCUT2D eigenvalue weighted by Gasteiger charge is -2.18. The van der Waals surface area contributed by atoms with Gasteiger partial charge in [-0.2, -0.15) is 0 Å². The van der Waals surface area contributed by atoms with Crippen molar-refractivity contribution >= 4 is 11.9 Å². The Morgan fingerprint density at radius 1 is 0.333 bits per heavy atom. The highest BCUT2D eigenvalue weighted by molar-refractivity contribution is 5.70. The first-order valence-corrected chi connectivity index (χ1v) is 26.4. The second kappa shape index (κ2) is 55.1. The fraction of sp³-hybridized carbons (Fsp3) is 0.574. The highest BCUT2D eigenvalue weighted by Gasteiger charge is 2.17. The first-order chi connectivity index (χ1) is 32.6. The van der Waals surface area contributed by atoms with Gasteiger partial charge in [0.15, 0.2) is 6.10 Å². The molecule has 0 aliphatic carbocycles. The van der Waals surface area contributed by atoms with Crippen LogP contribution < -0.4 is 0 Å². The minimum absolute atomic E-state index is 0.0356. The van der Waals surface area contributed by atoms with Crippen molar-refractivity contribution in [3.05, 3.63) is 146 Å². The summed E-state index contributed by atoms with van der Waals surface area (Å²) >= 11 is 0. The van der Waals surface area contributed by atoms with Crippen molar-refractivity contribution in [1.29, 1.82) is 0 Å². The monoisotopic (exact) mass is 909 g/mol. The van der Waals surface area contributed by atoms with Crippen molar-refractivity contribution in [2.75, 3.05) is 19.8 Å². The highest BCUT2D eigenvalue weighted by atomic mass is 16.6. The number of allylic oxidation sites excluding steroid dienone is 24. The van der Waals surface area contributed by atoms with Gasteiger partial charge < -0.3 is 14.2 Å². The molecule has 0 saturated heterocycles. The lowest BCUT2D eigenvalue weighted by Crippen LogP contribution is -2.30. The Bertz CT molecular complexity index is 1450. The fourth-order valence-corrected chi connectivity index (χ4v) is 6.55. The van der Waals surface area contributed by atoms with Gasteiger partial charge in [0.05, 0.1) is 6.61 Å². The van der Waals surface area contributed by atoms with Crippen LogP contribution in [0.4, 0.5) is 0 Å². The predicted molar refractivity (Wildman–Crippen MR) is 288 cm³/mol. The third-order valence-corrected chi connectivity index (χ3v) is 10.4. The van der Waals surface area contributed by atoms with E-state index >= 15 is 0 Å². The van der Waals surface area contributed by atoms with Crippen LogP contribution in [0.3, 0.4) is 0 Å². The molecule has 0 N–H and O–H groups in total. The molecule has 0 saturated carbocycles. The van der Waals surface area contributed by atoms with E-state index in [1.165, 1.54) is 19.3 Å². The van der Waals surface area contributed by atoms with Crippen LogP contribution in [-0.4, -0.2) is 37.9 Å². The van der Waals surface area contributed by atoms with Gasteiger partial charge in [-0.15, -0.1) is 0 Å². The molecule has 66 heavy (non-hydrogen) atoms. The average molecular weight is 909 g/mol. The molecule has 0 aliphatic rings. The maximum Gasteiger partial charge on any atom is 0.306 e. The van der Waals surface area contributed by atoms with Crippen LogP contribution in [-0.2, 0) is 23.8 Å². The van der Waals surface area contributed by atoms with E-state index in [9.17, 15) is 9.59 Å². The largest absolute Gasteiger partial charge is 0.462 e. The summed E-state index contributed by atoms with van der Waals surface area (Å²) in [6, 6.07) is 0. The van der Waals surface area contributed by atoms with Gasteiger partial charge in [0.2, 0.25) is 0 Å². The molecule has 0 spiro atoms. The normalized spacial score (nSPS) is 13.4. The van der Waals surface area contributed by atoms with E-state index in [-0.39, 0.29) is 25.2 Å². The molecule has 370 valence electrons. The summed E-state index contributed by atoms with van der Waals surface area (Å²) in [6.45, 7) is 7.29. The molecule has 5 nitrogen and oxygen atoms in total. The number of ether oxygens (including phenoxy) is 3.